The summed E-state index contributed by atoms with van der Waals surface area (Å²) in [6, 6.07) is 3.20. The summed E-state index contributed by atoms with van der Waals surface area (Å²) in [6.45, 7) is 2.38. The highest BCUT2D eigenvalue weighted by atomic mass is 16.5. The lowest BCUT2D eigenvalue weighted by molar-refractivity contribution is 0.397. The SMILES string of the molecule is COc1cc(NCCc2cc(=O)[nH]c(C)n2)ncn1. The first-order valence-electron chi connectivity index (χ1n) is 5.84. The fourth-order valence-electron chi connectivity index (χ4n) is 1.64. The number of H-pyrrole nitrogens is 1. The number of methoxy groups -OCH3 is 1. The molecule has 0 saturated heterocycles. The van der Waals surface area contributed by atoms with E-state index in [0.29, 0.717) is 30.5 Å². The number of hydrogen-bond donors (Lipinski definition) is 2. The van der Waals surface area contributed by atoms with E-state index in [1.165, 1.54) is 12.4 Å². The van der Waals surface area contributed by atoms with E-state index in [1.54, 1.807) is 20.1 Å². The fraction of sp³-hybridized carbons (Fsp3) is 0.333. The zero-order chi connectivity index (χ0) is 13.7. The Bertz CT molecular complexity index is 611. The van der Waals surface area contributed by atoms with E-state index < -0.39 is 0 Å². The molecule has 0 spiro atoms. The zero-order valence-electron chi connectivity index (χ0n) is 10.8. The van der Waals surface area contributed by atoms with Gasteiger partial charge in [0.25, 0.3) is 5.56 Å². The van der Waals surface area contributed by atoms with Crippen molar-refractivity contribution in [2.45, 2.75) is 13.3 Å². The number of rotatable bonds is 5. The van der Waals surface area contributed by atoms with Gasteiger partial charge < -0.3 is 15.0 Å². The smallest absolute Gasteiger partial charge is 0.251 e. The first-order valence-corrected chi connectivity index (χ1v) is 5.84. The molecule has 19 heavy (non-hydrogen) atoms. The minimum atomic E-state index is -0.133. The third kappa shape index (κ3) is 3.77. The highest BCUT2D eigenvalue weighted by Gasteiger charge is 2.00. The van der Waals surface area contributed by atoms with E-state index in [-0.39, 0.29) is 5.56 Å². The van der Waals surface area contributed by atoms with Crippen LogP contribution >= 0.6 is 0 Å². The summed E-state index contributed by atoms with van der Waals surface area (Å²) in [5.41, 5.74) is 0.612. The molecule has 0 amide bonds. The van der Waals surface area contributed by atoms with Gasteiger partial charge in [-0.25, -0.2) is 15.0 Å². The van der Waals surface area contributed by atoms with Crippen LogP contribution in [-0.4, -0.2) is 33.6 Å². The highest BCUT2D eigenvalue weighted by molar-refractivity contribution is 5.37. The van der Waals surface area contributed by atoms with Crippen LogP contribution in [0.15, 0.2) is 23.3 Å². The van der Waals surface area contributed by atoms with Crippen molar-refractivity contribution in [1.82, 2.24) is 19.9 Å². The van der Waals surface area contributed by atoms with Crippen molar-refractivity contribution < 1.29 is 4.74 Å². The number of nitrogens with one attached hydrogen (secondary N) is 2. The van der Waals surface area contributed by atoms with Crippen molar-refractivity contribution >= 4 is 5.82 Å². The van der Waals surface area contributed by atoms with Gasteiger partial charge in [-0.2, -0.15) is 0 Å². The minimum Gasteiger partial charge on any atom is -0.481 e. The van der Waals surface area contributed by atoms with Crippen molar-refractivity contribution in [2.75, 3.05) is 19.0 Å². The predicted molar refractivity (Wildman–Crippen MR) is 70.4 cm³/mol. The second-order valence-electron chi connectivity index (χ2n) is 3.94. The molecule has 2 aromatic rings. The minimum absolute atomic E-state index is 0.133. The van der Waals surface area contributed by atoms with E-state index in [1.807, 2.05) is 0 Å². The van der Waals surface area contributed by atoms with E-state index in [2.05, 4.69) is 25.3 Å². The normalized spacial score (nSPS) is 10.2. The van der Waals surface area contributed by atoms with Crippen molar-refractivity contribution in [2.24, 2.45) is 0 Å². The van der Waals surface area contributed by atoms with Crippen LogP contribution < -0.4 is 15.6 Å². The van der Waals surface area contributed by atoms with Gasteiger partial charge in [0.05, 0.1) is 7.11 Å². The number of anilines is 1. The van der Waals surface area contributed by atoms with Gasteiger partial charge in [-0.15, -0.1) is 0 Å². The molecule has 100 valence electrons. The Morgan fingerprint density at radius 1 is 1.37 bits per heavy atom. The molecule has 0 aromatic carbocycles. The number of aromatic nitrogens is 4. The summed E-state index contributed by atoms with van der Waals surface area (Å²) in [5, 5.41) is 3.12. The van der Waals surface area contributed by atoms with Crippen LogP contribution in [0.3, 0.4) is 0 Å². The summed E-state index contributed by atoms with van der Waals surface area (Å²) < 4.78 is 5.00. The van der Waals surface area contributed by atoms with Crippen LogP contribution in [-0.2, 0) is 6.42 Å². The number of aryl methyl sites for hydroxylation is 1. The first kappa shape index (κ1) is 13.0. The molecule has 0 bridgehead atoms. The van der Waals surface area contributed by atoms with Crippen molar-refractivity contribution in [3.8, 4) is 5.88 Å². The number of nitrogens with zero attached hydrogens (tertiary/aromatic N) is 3. The van der Waals surface area contributed by atoms with Crippen LogP contribution in [0.25, 0.3) is 0 Å². The number of hydrogen-bond acceptors (Lipinski definition) is 6. The molecule has 0 aliphatic carbocycles. The Morgan fingerprint density at radius 2 is 2.21 bits per heavy atom. The maximum atomic E-state index is 11.3. The molecule has 0 radical (unpaired) electrons. The Morgan fingerprint density at radius 3 is 2.95 bits per heavy atom. The summed E-state index contributed by atoms with van der Waals surface area (Å²) in [6.07, 6.45) is 2.06. The average Bonchev–Trinajstić information content (AvgIpc) is 2.38. The molecule has 2 N–H and O–H groups in total. The topological polar surface area (TPSA) is 92.8 Å². The predicted octanol–water partition coefficient (Wildman–Crippen LogP) is 0.532. The summed E-state index contributed by atoms with van der Waals surface area (Å²) in [5.74, 6) is 1.79. The molecule has 2 aromatic heterocycles. The fourth-order valence-corrected chi connectivity index (χ4v) is 1.64. The van der Waals surface area contributed by atoms with Gasteiger partial charge in [0.1, 0.15) is 18.0 Å². The van der Waals surface area contributed by atoms with Gasteiger partial charge in [-0.1, -0.05) is 0 Å². The van der Waals surface area contributed by atoms with Gasteiger partial charge in [0.15, 0.2) is 0 Å². The molecule has 0 aliphatic rings. The molecular formula is C12H15N5O2. The monoisotopic (exact) mass is 261 g/mol. The lowest BCUT2D eigenvalue weighted by Gasteiger charge is -2.06. The molecule has 0 saturated carbocycles. The summed E-state index contributed by atoms with van der Waals surface area (Å²) >= 11 is 0. The Hall–Kier alpha value is -2.44. The van der Waals surface area contributed by atoms with E-state index >= 15 is 0 Å². The van der Waals surface area contributed by atoms with Gasteiger partial charge in [-0.05, 0) is 6.92 Å². The third-order valence-electron chi connectivity index (χ3n) is 2.45. The molecule has 0 fully saturated rings. The summed E-state index contributed by atoms with van der Waals surface area (Å²) in [4.78, 5) is 26.1. The quantitative estimate of drug-likeness (QED) is 0.815. The lowest BCUT2D eigenvalue weighted by Crippen LogP contribution is -2.14. The van der Waals surface area contributed by atoms with Gasteiger partial charge in [0, 0.05) is 30.8 Å². The maximum absolute atomic E-state index is 11.3. The third-order valence-corrected chi connectivity index (χ3v) is 2.45. The van der Waals surface area contributed by atoms with Gasteiger partial charge in [-0.3, -0.25) is 4.79 Å². The van der Waals surface area contributed by atoms with E-state index in [4.69, 9.17) is 4.74 Å². The summed E-state index contributed by atoms with van der Waals surface area (Å²) in [7, 11) is 1.55. The highest BCUT2D eigenvalue weighted by Crippen LogP contribution is 2.09. The number of ether oxygens (including phenoxy) is 1. The first-order chi connectivity index (χ1) is 9.17. The molecule has 2 rings (SSSR count). The Labute approximate surface area is 110 Å². The number of aromatic amines is 1. The average molecular weight is 261 g/mol. The Kier molecular flexibility index (Phi) is 4.07. The van der Waals surface area contributed by atoms with Crippen LogP contribution in [0.4, 0.5) is 5.82 Å². The second kappa shape index (κ2) is 5.94. The van der Waals surface area contributed by atoms with E-state index in [9.17, 15) is 4.79 Å². The zero-order valence-corrected chi connectivity index (χ0v) is 10.8. The van der Waals surface area contributed by atoms with Crippen LogP contribution in [0, 0.1) is 6.92 Å². The van der Waals surface area contributed by atoms with Crippen molar-refractivity contribution in [1.29, 1.82) is 0 Å². The van der Waals surface area contributed by atoms with E-state index in [0.717, 1.165) is 5.69 Å². The van der Waals surface area contributed by atoms with Gasteiger partial charge >= 0.3 is 0 Å². The molecule has 0 unspecified atom stereocenters. The van der Waals surface area contributed by atoms with Crippen LogP contribution in [0.5, 0.6) is 5.88 Å². The molecule has 2 heterocycles. The largest absolute Gasteiger partial charge is 0.481 e. The molecule has 0 aliphatic heterocycles. The van der Waals surface area contributed by atoms with Crippen LogP contribution in [0.1, 0.15) is 11.5 Å². The van der Waals surface area contributed by atoms with Crippen molar-refractivity contribution in [3.63, 3.8) is 0 Å². The molecular weight excluding hydrogens is 246 g/mol. The maximum Gasteiger partial charge on any atom is 0.251 e. The molecule has 0 atom stereocenters. The van der Waals surface area contributed by atoms with Gasteiger partial charge in [0.2, 0.25) is 5.88 Å². The molecule has 7 heteroatoms. The molecule has 7 nitrogen and oxygen atoms in total. The van der Waals surface area contributed by atoms with Crippen LogP contribution in [0.2, 0.25) is 0 Å². The second-order valence-corrected chi connectivity index (χ2v) is 3.94. The van der Waals surface area contributed by atoms with Crippen molar-refractivity contribution in [3.05, 3.63) is 40.3 Å². The standard InChI is InChI=1S/C12H15N5O2/c1-8-16-9(5-11(18)17-8)3-4-13-10-6-12(19-2)15-7-14-10/h5-7H,3-4H2,1-2H3,(H,13,14,15)(H,16,17,18). The lowest BCUT2D eigenvalue weighted by atomic mass is 10.3. The Balaban J connectivity index is 1.94.